The van der Waals surface area contributed by atoms with Crippen LogP contribution in [0.3, 0.4) is 0 Å². The summed E-state index contributed by atoms with van der Waals surface area (Å²) in [6, 6.07) is 9.53. The Morgan fingerprint density at radius 1 is 1.19 bits per heavy atom. The van der Waals surface area contributed by atoms with E-state index in [1.807, 2.05) is 18.2 Å². The van der Waals surface area contributed by atoms with Gasteiger partial charge in [0.25, 0.3) is 5.91 Å². The van der Waals surface area contributed by atoms with E-state index in [2.05, 4.69) is 25.8 Å². The first-order chi connectivity index (χ1) is 12.6. The number of amides is 1. The molecule has 1 aliphatic rings. The van der Waals surface area contributed by atoms with E-state index < -0.39 is 0 Å². The van der Waals surface area contributed by atoms with Crippen molar-refractivity contribution in [1.29, 1.82) is 0 Å². The second-order valence-electron chi connectivity index (χ2n) is 5.90. The number of hydrogen-bond donors (Lipinski definition) is 2. The van der Waals surface area contributed by atoms with Crippen LogP contribution < -0.4 is 10.6 Å². The number of anilines is 2. The molecular formula is C17H13Cl2N5OS. The Kier molecular flexibility index (Phi) is 4.76. The second kappa shape index (κ2) is 7.19. The molecule has 2 unspecified atom stereocenters. The topological polar surface area (TPSA) is 79.8 Å². The number of carbonyl (C=O) groups excluding carboxylic acids is 1. The van der Waals surface area contributed by atoms with Crippen molar-refractivity contribution in [1.82, 2.24) is 15.2 Å². The van der Waals surface area contributed by atoms with Crippen LogP contribution in [0.5, 0.6) is 0 Å². The quantitative estimate of drug-likeness (QED) is 0.654. The maximum absolute atomic E-state index is 12.1. The van der Waals surface area contributed by atoms with Crippen molar-refractivity contribution in [3.8, 4) is 0 Å². The summed E-state index contributed by atoms with van der Waals surface area (Å²) in [5, 5.41) is 15.1. The predicted octanol–water partition coefficient (Wildman–Crippen LogP) is 4.46. The predicted molar refractivity (Wildman–Crippen MR) is 103 cm³/mol. The molecule has 9 heteroatoms. The monoisotopic (exact) mass is 405 g/mol. The first-order valence-electron chi connectivity index (χ1n) is 7.85. The lowest BCUT2D eigenvalue weighted by molar-refractivity contribution is 0.102. The summed E-state index contributed by atoms with van der Waals surface area (Å²) in [6.07, 6.45) is 2.54. The van der Waals surface area contributed by atoms with Crippen LogP contribution in [0.1, 0.15) is 28.3 Å². The minimum atomic E-state index is -0.263. The van der Waals surface area contributed by atoms with Gasteiger partial charge in [-0.1, -0.05) is 40.6 Å². The van der Waals surface area contributed by atoms with Crippen LogP contribution in [-0.2, 0) is 0 Å². The number of pyridine rings is 1. The number of carbonyl (C=O) groups is 1. The molecule has 1 aromatic carbocycles. The highest BCUT2D eigenvalue weighted by Gasteiger charge is 2.38. The molecule has 26 heavy (non-hydrogen) atoms. The zero-order valence-corrected chi connectivity index (χ0v) is 15.6. The number of nitrogens with zero attached hydrogens (tertiary/aromatic N) is 3. The van der Waals surface area contributed by atoms with Crippen LogP contribution in [0.15, 0.2) is 42.0 Å². The fourth-order valence-corrected chi connectivity index (χ4v) is 3.41. The molecule has 2 aromatic heterocycles. The highest BCUT2D eigenvalue weighted by molar-refractivity contribution is 7.13. The highest BCUT2D eigenvalue weighted by Crippen LogP contribution is 2.44. The molecule has 4 rings (SSSR count). The van der Waals surface area contributed by atoms with Crippen LogP contribution in [-0.4, -0.2) is 27.1 Å². The van der Waals surface area contributed by atoms with Gasteiger partial charge in [0.05, 0.1) is 15.6 Å². The van der Waals surface area contributed by atoms with Gasteiger partial charge in [-0.25, -0.2) is 4.98 Å². The van der Waals surface area contributed by atoms with Crippen LogP contribution >= 0.6 is 34.5 Å². The maximum Gasteiger partial charge on any atom is 0.259 e. The Balaban J connectivity index is 1.36. The van der Waals surface area contributed by atoms with Crippen molar-refractivity contribution < 1.29 is 4.79 Å². The number of halogens is 2. The Labute approximate surface area is 163 Å². The van der Waals surface area contributed by atoms with Gasteiger partial charge in [0.15, 0.2) is 0 Å². The number of hydrogen-bond acceptors (Lipinski definition) is 6. The second-order valence-corrected chi connectivity index (χ2v) is 7.54. The molecular weight excluding hydrogens is 393 g/mol. The Morgan fingerprint density at radius 2 is 2.08 bits per heavy atom. The Morgan fingerprint density at radius 3 is 2.77 bits per heavy atom. The van der Waals surface area contributed by atoms with E-state index in [9.17, 15) is 4.79 Å². The third-order valence-corrected chi connectivity index (χ3v) is 5.45. The molecule has 0 spiro atoms. The van der Waals surface area contributed by atoms with Gasteiger partial charge in [-0.2, -0.15) is 0 Å². The van der Waals surface area contributed by atoms with Crippen molar-refractivity contribution in [3.63, 3.8) is 0 Å². The molecule has 1 aliphatic carbocycles. The minimum Gasteiger partial charge on any atom is -0.367 e. The van der Waals surface area contributed by atoms with E-state index in [-0.39, 0.29) is 5.91 Å². The van der Waals surface area contributed by atoms with Gasteiger partial charge in [0.1, 0.15) is 11.3 Å². The summed E-state index contributed by atoms with van der Waals surface area (Å²) < 4.78 is 0. The van der Waals surface area contributed by atoms with Crippen LogP contribution in [0, 0.1) is 0 Å². The summed E-state index contributed by atoms with van der Waals surface area (Å²) >= 11 is 13.3. The average molecular weight is 406 g/mol. The van der Waals surface area contributed by atoms with Crippen molar-refractivity contribution in [3.05, 3.63) is 63.2 Å². The SMILES string of the molecule is O=C(Nc1nncs1)c1ccc(NC2CC2c2ccc(Cl)c(Cl)c2)nc1. The van der Waals surface area contributed by atoms with Gasteiger partial charge >= 0.3 is 0 Å². The third-order valence-electron chi connectivity index (χ3n) is 4.10. The molecule has 0 bridgehead atoms. The molecule has 1 amide bonds. The normalized spacial score (nSPS) is 18.4. The van der Waals surface area contributed by atoms with Gasteiger partial charge in [-0.15, -0.1) is 10.2 Å². The molecule has 3 aromatic rings. The molecule has 0 radical (unpaired) electrons. The van der Waals surface area contributed by atoms with Gasteiger partial charge in [0, 0.05) is 18.2 Å². The van der Waals surface area contributed by atoms with Crippen LogP contribution in [0.4, 0.5) is 10.9 Å². The average Bonchev–Trinajstić information content (AvgIpc) is 3.20. The zero-order valence-electron chi connectivity index (χ0n) is 13.3. The first kappa shape index (κ1) is 17.2. The lowest BCUT2D eigenvalue weighted by Crippen LogP contribution is -2.13. The molecule has 1 fully saturated rings. The fourth-order valence-electron chi connectivity index (χ4n) is 2.67. The van der Waals surface area contributed by atoms with Gasteiger partial charge in [-0.3, -0.25) is 10.1 Å². The van der Waals surface area contributed by atoms with E-state index in [1.54, 1.807) is 17.6 Å². The minimum absolute atomic E-state index is 0.263. The third kappa shape index (κ3) is 3.80. The number of benzene rings is 1. The Hall–Kier alpha value is -2.22. The van der Waals surface area contributed by atoms with Gasteiger partial charge < -0.3 is 5.32 Å². The molecule has 2 heterocycles. The number of nitrogens with one attached hydrogen (secondary N) is 2. The lowest BCUT2D eigenvalue weighted by atomic mass is 10.1. The standard InChI is InChI=1S/C17H13Cl2N5OS/c18-12-3-1-9(5-13(12)19)11-6-14(11)22-15-4-2-10(7-20-15)16(25)23-17-24-21-8-26-17/h1-5,7-8,11,14H,6H2,(H,20,22)(H,23,24,25). The highest BCUT2D eigenvalue weighted by atomic mass is 35.5. The molecule has 6 nitrogen and oxygen atoms in total. The molecule has 2 atom stereocenters. The van der Waals surface area contributed by atoms with E-state index in [0.717, 1.165) is 17.8 Å². The number of rotatable bonds is 5. The summed E-state index contributed by atoms with van der Waals surface area (Å²) in [5.41, 5.74) is 3.17. The fraction of sp³-hybridized carbons (Fsp3) is 0.176. The summed E-state index contributed by atoms with van der Waals surface area (Å²) in [6.45, 7) is 0. The number of aromatic nitrogens is 3. The summed E-state index contributed by atoms with van der Waals surface area (Å²) in [5.74, 6) is 0.845. The van der Waals surface area contributed by atoms with Gasteiger partial charge in [0.2, 0.25) is 5.13 Å². The molecule has 0 saturated heterocycles. The first-order valence-corrected chi connectivity index (χ1v) is 9.49. The maximum atomic E-state index is 12.1. The van der Waals surface area contributed by atoms with Crippen molar-refractivity contribution in [2.45, 2.75) is 18.4 Å². The summed E-state index contributed by atoms with van der Waals surface area (Å²) in [7, 11) is 0. The van der Waals surface area contributed by atoms with E-state index in [1.165, 1.54) is 17.5 Å². The van der Waals surface area contributed by atoms with Crippen LogP contribution in [0.25, 0.3) is 0 Å². The van der Waals surface area contributed by atoms with Crippen molar-refractivity contribution in [2.75, 3.05) is 10.6 Å². The molecule has 1 saturated carbocycles. The van der Waals surface area contributed by atoms with Crippen molar-refractivity contribution >= 4 is 51.4 Å². The van der Waals surface area contributed by atoms with E-state index in [4.69, 9.17) is 23.2 Å². The molecule has 0 aliphatic heterocycles. The summed E-state index contributed by atoms with van der Waals surface area (Å²) in [4.78, 5) is 16.4. The Bertz CT molecular complexity index is 933. The van der Waals surface area contributed by atoms with E-state index >= 15 is 0 Å². The molecule has 2 N–H and O–H groups in total. The largest absolute Gasteiger partial charge is 0.367 e. The van der Waals surface area contributed by atoms with Gasteiger partial charge in [-0.05, 0) is 36.2 Å². The van der Waals surface area contributed by atoms with E-state index in [0.29, 0.717) is 32.7 Å². The smallest absolute Gasteiger partial charge is 0.259 e. The van der Waals surface area contributed by atoms with Crippen molar-refractivity contribution in [2.24, 2.45) is 0 Å². The molecule has 132 valence electrons. The zero-order chi connectivity index (χ0) is 18.1. The van der Waals surface area contributed by atoms with Crippen LogP contribution in [0.2, 0.25) is 10.0 Å². The lowest BCUT2D eigenvalue weighted by Gasteiger charge is -2.07.